The van der Waals surface area contributed by atoms with Crippen molar-refractivity contribution in [3.05, 3.63) is 64.4 Å². The van der Waals surface area contributed by atoms with Crippen LogP contribution in [-0.2, 0) is 0 Å². The average molecular weight is 285 g/mol. The molecule has 0 saturated heterocycles. The van der Waals surface area contributed by atoms with Gasteiger partial charge in [0.2, 0.25) is 0 Å². The molecular weight excluding hydrogens is 276 g/mol. The Balaban J connectivity index is 2.37. The van der Waals surface area contributed by atoms with E-state index in [-0.39, 0.29) is 0 Å². The summed E-state index contributed by atoms with van der Waals surface area (Å²) in [6, 6.07) is 13.7. The van der Waals surface area contributed by atoms with Gasteiger partial charge in [-0.1, -0.05) is 28.1 Å². The van der Waals surface area contributed by atoms with Crippen molar-refractivity contribution in [2.45, 2.75) is 0 Å². The number of hydrogen-bond donors (Lipinski definition) is 0. The standard InChI is InChI=1S/C14H9BrN2/c15-14-3-1-11(2-4-14)9-13(10-16)12-5-7-17-8-6-12/h1-9H. The summed E-state index contributed by atoms with van der Waals surface area (Å²) in [6.45, 7) is 0. The third-order valence-electron chi connectivity index (χ3n) is 2.29. The van der Waals surface area contributed by atoms with Crippen LogP contribution in [0.4, 0.5) is 0 Å². The molecule has 2 rings (SSSR count). The smallest absolute Gasteiger partial charge is 0.0998 e. The van der Waals surface area contributed by atoms with Crippen molar-refractivity contribution >= 4 is 27.6 Å². The van der Waals surface area contributed by atoms with E-state index in [1.807, 2.05) is 42.5 Å². The number of halogens is 1. The first kappa shape index (κ1) is 11.6. The zero-order chi connectivity index (χ0) is 12.1. The summed E-state index contributed by atoms with van der Waals surface area (Å²) in [5.41, 5.74) is 2.52. The highest BCUT2D eigenvalue weighted by molar-refractivity contribution is 9.10. The van der Waals surface area contributed by atoms with E-state index in [0.717, 1.165) is 15.6 Å². The molecule has 2 aromatic rings. The highest BCUT2D eigenvalue weighted by atomic mass is 79.9. The van der Waals surface area contributed by atoms with Gasteiger partial charge in [0.1, 0.15) is 0 Å². The Morgan fingerprint density at radius 1 is 1.12 bits per heavy atom. The number of benzene rings is 1. The van der Waals surface area contributed by atoms with Crippen LogP contribution >= 0.6 is 15.9 Å². The van der Waals surface area contributed by atoms with Crippen LogP contribution in [-0.4, -0.2) is 4.98 Å². The highest BCUT2D eigenvalue weighted by Crippen LogP contribution is 2.18. The predicted molar refractivity (Wildman–Crippen MR) is 71.9 cm³/mol. The normalized spacial score (nSPS) is 10.9. The minimum Gasteiger partial charge on any atom is -0.265 e. The molecule has 1 heterocycles. The molecule has 17 heavy (non-hydrogen) atoms. The summed E-state index contributed by atoms with van der Waals surface area (Å²) in [6.07, 6.45) is 5.23. The zero-order valence-electron chi connectivity index (χ0n) is 8.97. The number of aromatic nitrogens is 1. The Morgan fingerprint density at radius 2 is 1.76 bits per heavy atom. The maximum Gasteiger partial charge on any atom is 0.0998 e. The molecule has 0 spiro atoms. The summed E-state index contributed by atoms with van der Waals surface area (Å²) in [5, 5.41) is 9.15. The minimum absolute atomic E-state index is 0.634. The molecule has 0 N–H and O–H groups in total. The van der Waals surface area contributed by atoms with E-state index in [2.05, 4.69) is 27.0 Å². The molecule has 2 nitrogen and oxygen atoms in total. The highest BCUT2D eigenvalue weighted by Gasteiger charge is 1.99. The molecule has 0 aliphatic carbocycles. The van der Waals surface area contributed by atoms with Crippen molar-refractivity contribution in [3.63, 3.8) is 0 Å². The predicted octanol–water partition coefficient (Wildman–Crippen LogP) is 3.91. The van der Waals surface area contributed by atoms with Gasteiger partial charge in [-0.3, -0.25) is 4.98 Å². The first-order valence-electron chi connectivity index (χ1n) is 5.07. The maximum atomic E-state index is 9.15. The van der Waals surface area contributed by atoms with Crippen molar-refractivity contribution in [1.82, 2.24) is 4.98 Å². The quantitative estimate of drug-likeness (QED) is 0.784. The van der Waals surface area contributed by atoms with Gasteiger partial charge in [-0.15, -0.1) is 0 Å². The van der Waals surface area contributed by atoms with Gasteiger partial charge in [-0.05, 0) is 41.5 Å². The minimum atomic E-state index is 0.634. The number of rotatable bonds is 2. The average Bonchev–Trinajstić information content (AvgIpc) is 2.39. The summed E-state index contributed by atoms with van der Waals surface area (Å²) in [5.74, 6) is 0. The van der Waals surface area contributed by atoms with Gasteiger partial charge >= 0.3 is 0 Å². The molecule has 0 aliphatic rings. The van der Waals surface area contributed by atoms with Crippen LogP contribution in [0, 0.1) is 11.3 Å². The molecule has 1 aromatic carbocycles. The Bertz CT molecular complexity index is 565. The first-order chi connectivity index (χ1) is 8.29. The Labute approximate surface area is 108 Å². The molecule has 3 heteroatoms. The van der Waals surface area contributed by atoms with Gasteiger partial charge in [0.05, 0.1) is 11.6 Å². The lowest BCUT2D eigenvalue weighted by Crippen LogP contribution is -1.82. The van der Waals surface area contributed by atoms with E-state index in [9.17, 15) is 0 Å². The van der Waals surface area contributed by atoms with E-state index in [1.54, 1.807) is 12.4 Å². The lowest BCUT2D eigenvalue weighted by molar-refractivity contribution is 1.32. The van der Waals surface area contributed by atoms with Gasteiger partial charge in [0, 0.05) is 16.9 Å². The third kappa shape index (κ3) is 3.02. The Kier molecular flexibility index (Phi) is 3.69. The molecule has 0 aliphatic heterocycles. The van der Waals surface area contributed by atoms with Crippen LogP contribution in [0.1, 0.15) is 11.1 Å². The molecule has 0 atom stereocenters. The zero-order valence-corrected chi connectivity index (χ0v) is 10.6. The second-order valence-corrected chi connectivity index (χ2v) is 4.37. The number of hydrogen-bond acceptors (Lipinski definition) is 2. The Morgan fingerprint density at radius 3 is 2.35 bits per heavy atom. The van der Waals surface area contributed by atoms with Gasteiger partial charge < -0.3 is 0 Å². The fourth-order valence-electron chi connectivity index (χ4n) is 1.44. The molecule has 0 radical (unpaired) electrons. The van der Waals surface area contributed by atoms with Crippen molar-refractivity contribution in [1.29, 1.82) is 5.26 Å². The summed E-state index contributed by atoms with van der Waals surface area (Å²) in [4.78, 5) is 3.94. The van der Waals surface area contributed by atoms with Crippen LogP contribution in [0.3, 0.4) is 0 Å². The summed E-state index contributed by atoms with van der Waals surface area (Å²) < 4.78 is 1.03. The molecule has 0 bridgehead atoms. The van der Waals surface area contributed by atoms with Crippen molar-refractivity contribution in [3.8, 4) is 6.07 Å². The number of nitriles is 1. The first-order valence-corrected chi connectivity index (χ1v) is 5.86. The number of pyridine rings is 1. The molecule has 1 aromatic heterocycles. The molecule has 0 saturated carbocycles. The lowest BCUT2D eigenvalue weighted by Gasteiger charge is -1.99. The fraction of sp³-hybridized carbons (Fsp3) is 0. The topological polar surface area (TPSA) is 36.7 Å². The van der Waals surface area contributed by atoms with Gasteiger partial charge in [0.25, 0.3) is 0 Å². The second-order valence-electron chi connectivity index (χ2n) is 3.46. The SMILES string of the molecule is N#CC(=Cc1ccc(Br)cc1)c1ccncc1. The van der Waals surface area contributed by atoms with Crippen molar-refractivity contribution < 1.29 is 0 Å². The van der Waals surface area contributed by atoms with Crippen LogP contribution in [0.2, 0.25) is 0 Å². The largest absolute Gasteiger partial charge is 0.265 e. The fourth-order valence-corrected chi connectivity index (χ4v) is 1.70. The molecule has 0 fully saturated rings. The molecule has 0 amide bonds. The van der Waals surface area contributed by atoms with E-state index < -0.39 is 0 Å². The summed E-state index contributed by atoms with van der Waals surface area (Å²) in [7, 11) is 0. The molecule has 0 unspecified atom stereocenters. The molecular formula is C14H9BrN2. The van der Waals surface area contributed by atoms with E-state index in [0.29, 0.717) is 5.57 Å². The maximum absolute atomic E-state index is 9.15. The van der Waals surface area contributed by atoms with Crippen LogP contribution in [0.15, 0.2) is 53.3 Å². The Hall–Kier alpha value is -1.92. The van der Waals surface area contributed by atoms with Crippen molar-refractivity contribution in [2.75, 3.05) is 0 Å². The second kappa shape index (κ2) is 5.42. The van der Waals surface area contributed by atoms with Gasteiger partial charge in [-0.2, -0.15) is 5.26 Å². The van der Waals surface area contributed by atoms with Crippen molar-refractivity contribution in [2.24, 2.45) is 0 Å². The van der Waals surface area contributed by atoms with Crippen LogP contribution in [0.25, 0.3) is 11.6 Å². The third-order valence-corrected chi connectivity index (χ3v) is 2.82. The number of allylic oxidation sites excluding steroid dienone is 1. The monoisotopic (exact) mass is 284 g/mol. The van der Waals surface area contributed by atoms with E-state index >= 15 is 0 Å². The number of nitrogens with zero attached hydrogens (tertiary/aromatic N) is 2. The summed E-state index contributed by atoms with van der Waals surface area (Å²) >= 11 is 3.38. The van der Waals surface area contributed by atoms with Gasteiger partial charge in [-0.25, -0.2) is 0 Å². The molecule has 82 valence electrons. The lowest BCUT2D eigenvalue weighted by atomic mass is 10.1. The van der Waals surface area contributed by atoms with E-state index in [4.69, 9.17) is 5.26 Å². The van der Waals surface area contributed by atoms with Crippen LogP contribution < -0.4 is 0 Å². The van der Waals surface area contributed by atoms with Crippen LogP contribution in [0.5, 0.6) is 0 Å². The van der Waals surface area contributed by atoms with Gasteiger partial charge in [0.15, 0.2) is 0 Å². The van der Waals surface area contributed by atoms with E-state index in [1.165, 1.54) is 0 Å².